The zero-order valence-corrected chi connectivity index (χ0v) is 22.2. The smallest absolute Gasteiger partial charge is 0.393 e. The number of alkyl halides is 3. The third-order valence-corrected chi connectivity index (χ3v) is 9.90. The van der Waals surface area contributed by atoms with Gasteiger partial charge in [-0.05, 0) is 37.0 Å². The second-order valence-corrected chi connectivity index (χ2v) is 12.5. The number of halogens is 3. The van der Waals surface area contributed by atoms with E-state index in [0.29, 0.717) is 62.8 Å². The van der Waals surface area contributed by atoms with Crippen LogP contribution >= 0.6 is 12.2 Å². The fraction of sp³-hybridized carbons (Fsp3) is 0.560. The molecule has 0 saturated carbocycles. The summed E-state index contributed by atoms with van der Waals surface area (Å²) in [7, 11) is -3.90. The fourth-order valence-corrected chi connectivity index (χ4v) is 7.18. The molecule has 2 aliphatic heterocycles. The molecule has 1 aromatic carbocycles. The number of piperidine rings is 1. The maximum Gasteiger partial charge on any atom is 0.421 e. The maximum absolute atomic E-state index is 13.6. The van der Waals surface area contributed by atoms with Crippen LogP contribution in [-0.2, 0) is 21.2 Å². The third kappa shape index (κ3) is 5.70. The molecule has 1 aliphatic carbocycles. The number of hydrogen-bond acceptors (Lipinski definition) is 7. The van der Waals surface area contributed by atoms with Crippen molar-refractivity contribution in [2.45, 2.75) is 49.6 Å². The second kappa shape index (κ2) is 10.5. The van der Waals surface area contributed by atoms with E-state index in [-0.39, 0.29) is 29.7 Å². The van der Waals surface area contributed by atoms with E-state index in [0.717, 1.165) is 0 Å². The Balaban J connectivity index is 1.70. The van der Waals surface area contributed by atoms with E-state index in [1.54, 1.807) is 12.2 Å². The van der Waals surface area contributed by atoms with Crippen molar-refractivity contribution in [3.8, 4) is 0 Å². The summed E-state index contributed by atoms with van der Waals surface area (Å²) in [5.74, 6) is 0. The number of benzene rings is 1. The van der Waals surface area contributed by atoms with Gasteiger partial charge in [-0.1, -0.05) is 48.6 Å². The lowest BCUT2D eigenvalue weighted by molar-refractivity contribution is -0.258. The van der Waals surface area contributed by atoms with E-state index < -0.39 is 27.3 Å². The van der Waals surface area contributed by atoms with Gasteiger partial charge in [-0.3, -0.25) is 0 Å². The molecule has 37 heavy (non-hydrogen) atoms. The molecule has 2 fully saturated rings. The third-order valence-electron chi connectivity index (χ3n) is 7.45. The van der Waals surface area contributed by atoms with Crippen LogP contribution in [0.3, 0.4) is 0 Å². The topological polar surface area (TPSA) is 93.1 Å². The van der Waals surface area contributed by atoms with Gasteiger partial charge >= 0.3 is 6.18 Å². The SMILES string of the molecule is CC(O)(c1ccc([C@]2(CN3CCC(O)CC3)CN(S(=O)(=O)C3=CC=CCC3=S)CCN2)cc1)C(F)(F)F. The van der Waals surface area contributed by atoms with Crippen LogP contribution in [0.25, 0.3) is 0 Å². The molecule has 7 nitrogen and oxygen atoms in total. The first-order valence-electron chi connectivity index (χ1n) is 12.2. The number of likely N-dealkylation sites (tertiary alicyclic amines) is 1. The van der Waals surface area contributed by atoms with Gasteiger partial charge in [0.05, 0.1) is 16.5 Å². The van der Waals surface area contributed by atoms with Crippen LogP contribution in [0.1, 0.15) is 37.3 Å². The number of rotatable bonds is 6. The number of nitrogens with zero attached hydrogens (tertiary/aromatic N) is 2. The number of allylic oxidation sites excluding steroid dienone is 4. The number of thiocarbonyl (C=S) groups is 1. The average Bonchev–Trinajstić information content (AvgIpc) is 2.85. The van der Waals surface area contributed by atoms with E-state index in [1.165, 1.54) is 34.6 Å². The molecular weight excluding hydrogens is 527 g/mol. The van der Waals surface area contributed by atoms with Crippen LogP contribution in [0.4, 0.5) is 13.2 Å². The molecule has 0 amide bonds. The molecule has 12 heteroatoms. The second-order valence-electron chi connectivity index (χ2n) is 10.1. The summed E-state index contributed by atoms with van der Waals surface area (Å²) in [5.41, 5.74) is -3.64. The lowest BCUT2D eigenvalue weighted by Gasteiger charge is -2.47. The Bertz CT molecular complexity index is 1170. The first-order valence-corrected chi connectivity index (χ1v) is 14.1. The predicted molar refractivity (Wildman–Crippen MR) is 138 cm³/mol. The van der Waals surface area contributed by atoms with Crippen molar-refractivity contribution in [2.75, 3.05) is 39.3 Å². The van der Waals surface area contributed by atoms with Crippen LogP contribution in [0.2, 0.25) is 0 Å². The normalized spacial score (nSPS) is 26.6. The van der Waals surface area contributed by atoms with Crippen LogP contribution in [-0.4, -0.2) is 84.2 Å². The van der Waals surface area contributed by atoms with E-state index >= 15 is 0 Å². The molecule has 3 N–H and O–H groups in total. The van der Waals surface area contributed by atoms with Gasteiger partial charge in [0.15, 0.2) is 5.60 Å². The molecule has 3 aliphatic rings. The average molecular weight is 560 g/mol. The number of sulfonamides is 1. The molecule has 204 valence electrons. The Morgan fingerprint density at radius 2 is 1.81 bits per heavy atom. The molecule has 1 unspecified atom stereocenters. The lowest BCUT2D eigenvalue weighted by atomic mass is 9.84. The summed E-state index contributed by atoms with van der Waals surface area (Å²) >= 11 is 5.33. The van der Waals surface area contributed by atoms with Crippen molar-refractivity contribution >= 4 is 27.1 Å². The fourth-order valence-electron chi connectivity index (χ4n) is 5.08. The Hall–Kier alpha value is -1.67. The molecule has 0 bridgehead atoms. The predicted octanol–water partition coefficient (Wildman–Crippen LogP) is 2.56. The van der Waals surface area contributed by atoms with Gasteiger partial charge in [0, 0.05) is 50.6 Å². The van der Waals surface area contributed by atoms with Crippen molar-refractivity contribution in [1.29, 1.82) is 0 Å². The first-order chi connectivity index (χ1) is 17.3. The number of nitrogens with one attached hydrogen (secondary N) is 1. The number of piperazine rings is 1. The van der Waals surface area contributed by atoms with Crippen LogP contribution in [0.15, 0.2) is 47.4 Å². The zero-order chi connectivity index (χ0) is 27.1. The summed E-state index contributed by atoms with van der Waals surface area (Å²) < 4.78 is 68.8. The standard InChI is InChI=1S/C25H32F3N3O4S2/c1-23(33,25(26,27)28)18-6-8-19(9-7-18)24(16-30-13-10-20(32)11-14-30)17-31(15-12-29-24)37(34,35)22-5-3-2-4-21(22)36/h2-3,5-9,20,29,32-33H,4,10-17H2,1H3/t23?,24-/m0/s1. The van der Waals surface area contributed by atoms with Crippen LogP contribution in [0.5, 0.6) is 0 Å². The molecular formula is C25H32F3N3O4S2. The first kappa shape index (κ1) is 28.3. The number of hydrogen-bond donors (Lipinski definition) is 3. The van der Waals surface area contributed by atoms with E-state index in [4.69, 9.17) is 12.2 Å². The lowest BCUT2D eigenvalue weighted by Crippen LogP contribution is -2.64. The molecule has 1 aromatic rings. The minimum absolute atomic E-state index is 0.0487. The van der Waals surface area contributed by atoms with Gasteiger partial charge in [-0.15, -0.1) is 0 Å². The maximum atomic E-state index is 13.6. The summed E-state index contributed by atoms with van der Waals surface area (Å²) in [5, 5.41) is 23.5. The molecule has 2 atom stereocenters. The van der Waals surface area contributed by atoms with Gasteiger partial charge in [0.1, 0.15) is 0 Å². The summed E-state index contributed by atoms with van der Waals surface area (Å²) in [4.78, 5) is 2.57. The Labute approximate surface area is 220 Å². The molecule has 4 rings (SSSR count). The molecule has 2 saturated heterocycles. The Morgan fingerprint density at radius 3 is 2.41 bits per heavy atom. The Kier molecular flexibility index (Phi) is 8.03. The quantitative estimate of drug-likeness (QED) is 0.462. The van der Waals surface area contributed by atoms with Crippen molar-refractivity contribution < 1.29 is 31.8 Å². The van der Waals surface area contributed by atoms with Crippen molar-refractivity contribution in [2.24, 2.45) is 0 Å². The highest BCUT2D eigenvalue weighted by Gasteiger charge is 2.51. The van der Waals surface area contributed by atoms with Crippen LogP contribution in [0, 0.1) is 0 Å². The Morgan fingerprint density at radius 1 is 1.16 bits per heavy atom. The minimum atomic E-state index is -4.85. The highest BCUT2D eigenvalue weighted by atomic mass is 32.2. The van der Waals surface area contributed by atoms with E-state index in [1.807, 2.05) is 0 Å². The summed E-state index contributed by atoms with van der Waals surface area (Å²) in [6.45, 7) is 2.91. The van der Waals surface area contributed by atoms with E-state index in [9.17, 15) is 31.8 Å². The van der Waals surface area contributed by atoms with E-state index in [2.05, 4.69) is 10.2 Å². The summed E-state index contributed by atoms with van der Waals surface area (Å²) in [6, 6.07) is 5.52. The van der Waals surface area contributed by atoms with Crippen molar-refractivity contribution in [1.82, 2.24) is 14.5 Å². The number of aliphatic hydroxyl groups excluding tert-OH is 1. The zero-order valence-electron chi connectivity index (χ0n) is 20.5. The van der Waals surface area contributed by atoms with Gasteiger partial charge in [0.2, 0.25) is 10.0 Å². The van der Waals surface area contributed by atoms with Crippen molar-refractivity contribution in [3.63, 3.8) is 0 Å². The highest BCUT2D eigenvalue weighted by Crippen LogP contribution is 2.39. The van der Waals surface area contributed by atoms with Gasteiger partial charge in [-0.25, -0.2) is 8.42 Å². The highest BCUT2D eigenvalue weighted by molar-refractivity contribution is 7.96. The summed E-state index contributed by atoms with van der Waals surface area (Å²) in [6.07, 6.45) is 1.26. The van der Waals surface area contributed by atoms with Crippen molar-refractivity contribution in [3.05, 3.63) is 58.5 Å². The molecule has 0 radical (unpaired) electrons. The van der Waals surface area contributed by atoms with Gasteiger partial charge in [0.25, 0.3) is 0 Å². The molecule has 0 aromatic heterocycles. The number of aliphatic hydroxyl groups is 2. The molecule has 0 spiro atoms. The van der Waals surface area contributed by atoms with Crippen LogP contribution < -0.4 is 5.32 Å². The minimum Gasteiger partial charge on any atom is -0.393 e. The molecule has 2 heterocycles. The van der Waals surface area contributed by atoms with Gasteiger partial charge < -0.3 is 20.4 Å². The van der Waals surface area contributed by atoms with Gasteiger partial charge in [-0.2, -0.15) is 17.5 Å². The monoisotopic (exact) mass is 559 g/mol. The largest absolute Gasteiger partial charge is 0.421 e.